The summed E-state index contributed by atoms with van der Waals surface area (Å²) in [6.45, 7) is 0.546. The van der Waals surface area contributed by atoms with Crippen molar-refractivity contribution in [3.63, 3.8) is 0 Å². The molecule has 2 aliphatic rings. The molecule has 2 aliphatic heterocycles. The average molecular weight is 334 g/mol. The third-order valence-electron chi connectivity index (χ3n) is 3.84. The molecule has 2 aromatic rings. The number of carbonyl (C=O) groups is 1. The minimum atomic E-state index is -0.636. The molecule has 4 heterocycles. The van der Waals surface area contributed by atoms with E-state index in [1.54, 1.807) is 23.8 Å². The number of aliphatic hydroxyl groups is 1. The Balaban J connectivity index is 1.45. The SMILES string of the molecule is O=C(N[C@@H]1CO[C@H]2[C@@H]1OC[C@H]2O)c1csc(-c2ncccn2)n1. The van der Waals surface area contributed by atoms with E-state index in [2.05, 4.69) is 20.3 Å². The fourth-order valence-corrected chi connectivity index (χ4v) is 3.48. The van der Waals surface area contributed by atoms with Crippen molar-refractivity contribution in [2.45, 2.75) is 24.4 Å². The van der Waals surface area contributed by atoms with Gasteiger partial charge in [0.2, 0.25) is 0 Å². The van der Waals surface area contributed by atoms with Gasteiger partial charge in [-0.15, -0.1) is 11.3 Å². The number of carbonyl (C=O) groups excluding carboxylic acids is 1. The molecule has 4 rings (SSSR count). The highest BCUT2D eigenvalue weighted by molar-refractivity contribution is 7.13. The molecule has 0 unspecified atom stereocenters. The second-order valence-electron chi connectivity index (χ2n) is 5.35. The van der Waals surface area contributed by atoms with Crippen molar-refractivity contribution in [3.05, 3.63) is 29.5 Å². The molecule has 2 N–H and O–H groups in total. The lowest BCUT2D eigenvalue weighted by Crippen LogP contribution is -2.44. The molecule has 0 bridgehead atoms. The predicted octanol–water partition coefficient (Wildman–Crippen LogP) is -0.143. The van der Waals surface area contributed by atoms with Crippen LogP contribution < -0.4 is 5.32 Å². The Morgan fingerprint density at radius 3 is 2.87 bits per heavy atom. The first-order chi connectivity index (χ1) is 11.2. The molecule has 0 spiro atoms. The highest BCUT2D eigenvalue weighted by atomic mass is 32.1. The molecular weight excluding hydrogens is 320 g/mol. The van der Waals surface area contributed by atoms with Crippen LogP contribution in [-0.2, 0) is 9.47 Å². The van der Waals surface area contributed by atoms with Crippen molar-refractivity contribution in [3.8, 4) is 10.8 Å². The monoisotopic (exact) mass is 334 g/mol. The summed E-state index contributed by atoms with van der Waals surface area (Å²) in [6.07, 6.45) is 1.93. The summed E-state index contributed by atoms with van der Waals surface area (Å²) >= 11 is 1.31. The van der Waals surface area contributed by atoms with Crippen LogP contribution in [0.15, 0.2) is 23.8 Å². The Morgan fingerprint density at radius 1 is 1.26 bits per heavy atom. The van der Waals surface area contributed by atoms with Crippen LogP contribution in [0.1, 0.15) is 10.5 Å². The standard InChI is InChI=1S/C14H14N4O4S/c19-9-5-22-10-7(4-21-11(9)10)17-13(20)8-6-23-14(18-8)12-15-2-1-3-16-12/h1-3,6-7,9-11,19H,4-5H2,(H,17,20)/t7-,9-,10-,11-/m1/s1. The van der Waals surface area contributed by atoms with E-state index in [1.165, 1.54) is 11.3 Å². The topological polar surface area (TPSA) is 106 Å². The number of nitrogens with one attached hydrogen (secondary N) is 1. The van der Waals surface area contributed by atoms with E-state index >= 15 is 0 Å². The van der Waals surface area contributed by atoms with Crippen LogP contribution in [0.4, 0.5) is 0 Å². The van der Waals surface area contributed by atoms with Crippen molar-refractivity contribution >= 4 is 17.2 Å². The van der Waals surface area contributed by atoms with Crippen molar-refractivity contribution in [1.82, 2.24) is 20.3 Å². The first-order valence-electron chi connectivity index (χ1n) is 7.17. The lowest BCUT2D eigenvalue weighted by molar-refractivity contribution is 0.0178. The van der Waals surface area contributed by atoms with Gasteiger partial charge in [-0.3, -0.25) is 4.79 Å². The Labute approximate surface area is 135 Å². The van der Waals surface area contributed by atoms with Gasteiger partial charge in [-0.1, -0.05) is 0 Å². The van der Waals surface area contributed by atoms with Crippen molar-refractivity contribution in [2.24, 2.45) is 0 Å². The average Bonchev–Trinajstić information content (AvgIpc) is 3.28. The van der Waals surface area contributed by atoms with E-state index in [1.807, 2.05) is 0 Å². The van der Waals surface area contributed by atoms with Gasteiger partial charge in [-0.25, -0.2) is 15.0 Å². The molecule has 0 aromatic carbocycles. The number of hydrogen-bond donors (Lipinski definition) is 2. The summed E-state index contributed by atoms with van der Waals surface area (Å²) < 4.78 is 11.0. The number of hydrogen-bond acceptors (Lipinski definition) is 8. The van der Waals surface area contributed by atoms with Gasteiger partial charge in [0.05, 0.1) is 19.3 Å². The van der Waals surface area contributed by atoms with E-state index in [4.69, 9.17) is 9.47 Å². The quantitative estimate of drug-likeness (QED) is 0.804. The van der Waals surface area contributed by atoms with Gasteiger partial charge in [0.1, 0.15) is 24.0 Å². The van der Waals surface area contributed by atoms with Crippen LogP contribution in [0.2, 0.25) is 0 Å². The van der Waals surface area contributed by atoms with Crippen molar-refractivity contribution in [2.75, 3.05) is 13.2 Å². The van der Waals surface area contributed by atoms with Gasteiger partial charge < -0.3 is 19.9 Å². The van der Waals surface area contributed by atoms with Gasteiger partial charge in [0, 0.05) is 17.8 Å². The smallest absolute Gasteiger partial charge is 0.271 e. The molecule has 4 atom stereocenters. The van der Waals surface area contributed by atoms with Crippen LogP contribution in [0, 0.1) is 0 Å². The Bertz CT molecular complexity index is 710. The third kappa shape index (κ3) is 2.72. The molecular formula is C14H14N4O4S. The lowest BCUT2D eigenvalue weighted by Gasteiger charge is -2.16. The molecule has 0 saturated carbocycles. The maximum Gasteiger partial charge on any atom is 0.271 e. The summed E-state index contributed by atoms with van der Waals surface area (Å²) in [5, 5.41) is 14.8. The summed E-state index contributed by atoms with van der Waals surface area (Å²) in [5.41, 5.74) is 0.305. The van der Waals surface area contributed by atoms with Gasteiger partial charge >= 0.3 is 0 Å². The summed E-state index contributed by atoms with van der Waals surface area (Å²) in [6, 6.07) is 1.43. The van der Waals surface area contributed by atoms with Crippen LogP contribution in [0.3, 0.4) is 0 Å². The molecule has 2 saturated heterocycles. The largest absolute Gasteiger partial charge is 0.388 e. The molecule has 0 radical (unpaired) electrons. The number of aliphatic hydroxyl groups excluding tert-OH is 1. The maximum absolute atomic E-state index is 12.3. The Morgan fingerprint density at radius 2 is 2.04 bits per heavy atom. The number of rotatable bonds is 3. The van der Waals surface area contributed by atoms with E-state index in [0.717, 1.165) is 0 Å². The molecule has 8 nitrogen and oxygen atoms in total. The number of ether oxygens (including phenoxy) is 2. The van der Waals surface area contributed by atoms with E-state index < -0.39 is 6.10 Å². The molecule has 23 heavy (non-hydrogen) atoms. The van der Waals surface area contributed by atoms with Crippen LogP contribution in [0.5, 0.6) is 0 Å². The second-order valence-corrected chi connectivity index (χ2v) is 6.21. The van der Waals surface area contributed by atoms with Crippen LogP contribution in [0.25, 0.3) is 10.8 Å². The van der Waals surface area contributed by atoms with Crippen molar-refractivity contribution < 1.29 is 19.4 Å². The minimum absolute atomic E-state index is 0.230. The summed E-state index contributed by atoms with van der Waals surface area (Å²) in [7, 11) is 0. The Kier molecular flexibility index (Phi) is 3.77. The highest BCUT2D eigenvalue weighted by Gasteiger charge is 2.47. The maximum atomic E-state index is 12.3. The highest BCUT2D eigenvalue weighted by Crippen LogP contribution is 2.27. The zero-order chi connectivity index (χ0) is 15.8. The third-order valence-corrected chi connectivity index (χ3v) is 4.68. The summed E-state index contributed by atoms with van der Waals surface area (Å²) in [4.78, 5) is 24.8. The minimum Gasteiger partial charge on any atom is -0.388 e. The number of thiazole rings is 1. The molecule has 0 aliphatic carbocycles. The predicted molar refractivity (Wildman–Crippen MR) is 79.9 cm³/mol. The zero-order valence-electron chi connectivity index (χ0n) is 12.0. The molecule has 9 heteroatoms. The number of amides is 1. The number of fused-ring (bicyclic) bond motifs is 1. The van der Waals surface area contributed by atoms with E-state index in [9.17, 15) is 9.90 Å². The normalized spacial score (nSPS) is 29.4. The fourth-order valence-electron chi connectivity index (χ4n) is 2.74. The number of nitrogens with zero attached hydrogens (tertiary/aromatic N) is 3. The zero-order valence-corrected chi connectivity index (χ0v) is 12.8. The van der Waals surface area contributed by atoms with Gasteiger partial charge in [0.25, 0.3) is 5.91 Å². The number of aromatic nitrogens is 3. The summed E-state index contributed by atoms with van der Waals surface area (Å²) in [5.74, 6) is 0.186. The van der Waals surface area contributed by atoms with Gasteiger partial charge in [0.15, 0.2) is 10.8 Å². The van der Waals surface area contributed by atoms with Crippen LogP contribution in [-0.4, -0.2) is 63.5 Å². The van der Waals surface area contributed by atoms with Crippen LogP contribution >= 0.6 is 11.3 Å². The fraction of sp³-hybridized carbons (Fsp3) is 0.429. The molecule has 120 valence electrons. The van der Waals surface area contributed by atoms with Crippen molar-refractivity contribution in [1.29, 1.82) is 0 Å². The molecule has 2 aromatic heterocycles. The lowest BCUT2D eigenvalue weighted by atomic mass is 10.1. The molecule has 1 amide bonds. The molecule has 2 fully saturated rings. The first-order valence-corrected chi connectivity index (χ1v) is 8.05. The Hall–Kier alpha value is -1.94. The van der Waals surface area contributed by atoms with E-state index in [-0.39, 0.29) is 30.8 Å². The first kappa shape index (κ1) is 14.6. The second kappa shape index (κ2) is 5.93. The van der Waals surface area contributed by atoms with E-state index in [0.29, 0.717) is 23.1 Å². The van der Waals surface area contributed by atoms with Gasteiger partial charge in [-0.2, -0.15) is 0 Å². The van der Waals surface area contributed by atoms with Gasteiger partial charge in [-0.05, 0) is 6.07 Å².